The lowest BCUT2D eigenvalue weighted by Crippen LogP contribution is -2.11. The monoisotopic (exact) mass is 188 g/mol. The second-order valence-electron chi connectivity index (χ2n) is 3.21. The molecule has 0 bridgehead atoms. The second kappa shape index (κ2) is 3.74. The molecule has 0 aliphatic heterocycles. The van der Waals surface area contributed by atoms with Crippen LogP contribution in [0.25, 0.3) is 10.9 Å². The number of aliphatic hydroxyl groups excluding tert-OH is 1. The van der Waals surface area contributed by atoms with Gasteiger partial charge < -0.3 is 10.8 Å². The van der Waals surface area contributed by atoms with Gasteiger partial charge in [-0.05, 0) is 12.1 Å². The summed E-state index contributed by atoms with van der Waals surface area (Å²) in [6.45, 7) is 0.222. The molecule has 3 N–H and O–H groups in total. The van der Waals surface area contributed by atoms with Crippen LogP contribution in [0.4, 0.5) is 0 Å². The molecule has 0 spiro atoms. The summed E-state index contributed by atoms with van der Waals surface area (Å²) in [7, 11) is 0. The molecule has 1 atom stereocenters. The predicted molar refractivity (Wildman–Crippen MR) is 55.8 cm³/mol. The van der Waals surface area contributed by atoms with Crippen molar-refractivity contribution in [2.24, 2.45) is 5.73 Å². The SMILES string of the molecule is NC[C@@H](O)c1cnc2ccccc2c1. The first kappa shape index (κ1) is 9.12. The van der Waals surface area contributed by atoms with Crippen molar-refractivity contribution in [3.05, 3.63) is 42.1 Å². The first-order valence-corrected chi connectivity index (χ1v) is 4.54. The molecular weight excluding hydrogens is 176 g/mol. The molecule has 0 aliphatic carbocycles. The number of nitrogens with zero attached hydrogens (tertiary/aromatic N) is 1. The zero-order chi connectivity index (χ0) is 9.97. The standard InChI is InChI=1S/C11H12N2O/c12-6-11(14)9-5-8-3-1-2-4-10(8)13-7-9/h1-5,7,11,14H,6,12H2/t11-/m1/s1. The highest BCUT2D eigenvalue weighted by molar-refractivity contribution is 5.78. The number of rotatable bonds is 2. The summed E-state index contributed by atoms with van der Waals surface area (Å²) in [5.74, 6) is 0. The van der Waals surface area contributed by atoms with Gasteiger partial charge in [0, 0.05) is 23.7 Å². The van der Waals surface area contributed by atoms with Crippen LogP contribution in [-0.2, 0) is 0 Å². The number of pyridine rings is 1. The van der Waals surface area contributed by atoms with Gasteiger partial charge in [0.05, 0.1) is 11.6 Å². The van der Waals surface area contributed by atoms with Crippen molar-refractivity contribution < 1.29 is 5.11 Å². The fourth-order valence-corrected chi connectivity index (χ4v) is 1.41. The van der Waals surface area contributed by atoms with E-state index in [0.717, 1.165) is 16.5 Å². The average molecular weight is 188 g/mol. The molecule has 3 nitrogen and oxygen atoms in total. The number of benzene rings is 1. The van der Waals surface area contributed by atoms with Gasteiger partial charge in [0.2, 0.25) is 0 Å². The summed E-state index contributed by atoms with van der Waals surface area (Å²) < 4.78 is 0. The molecule has 2 rings (SSSR count). The van der Waals surface area contributed by atoms with E-state index >= 15 is 0 Å². The predicted octanol–water partition coefficient (Wildman–Crippen LogP) is 1.23. The molecule has 1 aromatic heterocycles. The molecule has 72 valence electrons. The number of hydrogen-bond donors (Lipinski definition) is 2. The maximum Gasteiger partial charge on any atom is 0.0927 e. The van der Waals surface area contributed by atoms with Crippen LogP contribution in [0.5, 0.6) is 0 Å². The Hall–Kier alpha value is -1.45. The summed E-state index contributed by atoms with van der Waals surface area (Å²) in [5.41, 5.74) is 7.07. The molecule has 0 aliphatic rings. The third kappa shape index (κ3) is 1.60. The maximum atomic E-state index is 9.52. The van der Waals surface area contributed by atoms with E-state index in [4.69, 9.17) is 5.73 Å². The van der Waals surface area contributed by atoms with Gasteiger partial charge >= 0.3 is 0 Å². The number of nitrogens with two attached hydrogens (primary N) is 1. The largest absolute Gasteiger partial charge is 0.387 e. The van der Waals surface area contributed by atoms with Gasteiger partial charge in [-0.15, -0.1) is 0 Å². The molecule has 14 heavy (non-hydrogen) atoms. The zero-order valence-electron chi connectivity index (χ0n) is 7.72. The smallest absolute Gasteiger partial charge is 0.0927 e. The Balaban J connectivity index is 2.51. The first-order chi connectivity index (χ1) is 6.81. The van der Waals surface area contributed by atoms with E-state index in [-0.39, 0.29) is 6.54 Å². The molecule has 0 saturated heterocycles. The summed E-state index contributed by atoms with van der Waals surface area (Å²) >= 11 is 0. The zero-order valence-corrected chi connectivity index (χ0v) is 7.72. The Morgan fingerprint density at radius 3 is 2.93 bits per heavy atom. The third-order valence-corrected chi connectivity index (χ3v) is 2.22. The molecule has 0 unspecified atom stereocenters. The van der Waals surface area contributed by atoms with Crippen LogP contribution >= 0.6 is 0 Å². The number of fused-ring (bicyclic) bond motifs is 1. The Kier molecular flexibility index (Phi) is 2.43. The molecule has 0 radical (unpaired) electrons. The van der Waals surface area contributed by atoms with Gasteiger partial charge in [0.25, 0.3) is 0 Å². The van der Waals surface area contributed by atoms with Crippen molar-refractivity contribution in [3.63, 3.8) is 0 Å². The van der Waals surface area contributed by atoms with E-state index in [0.29, 0.717) is 0 Å². The molecular formula is C11H12N2O. The first-order valence-electron chi connectivity index (χ1n) is 4.54. The minimum absolute atomic E-state index is 0.222. The summed E-state index contributed by atoms with van der Waals surface area (Å²) in [6, 6.07) is 9.71. The van der Waals surface area contributed by atoms with Crippen molar-refractivity contribution in [1.82, 2.24) is 4.98 Å². The van der Waals surface area contributed by atoms with Gasteiger partial charge in [-0.25, -0.2) is 0 Å². The van der Waals surface area contributed by atoms with Gasteiger partial charge in [-0.1, -0.05) is 18.2 Å². The normalized spacial score (nSPS) is 13.0. The van der Waals surface area contributed by atoms with E-state index in [1.165, 1.54) is 0 Å². The lowest BCUT2D eigenvalue weighted by Gasteiger charge is -2.07. The van der Waals surface area contributed by atoms with Crippen LogP contribution in [0.2, 0.25) is 0 Å². The van der Waals surface area contributed by atoms with Crippen LogP contribution in [0.3, 0.4) is 0 Å². The lowest BCUT2D eigenvalue weighted by atomic mass is 10.1. The van der Waals surface area contributed by atoms with Crippen LogP contribution in [-0.4, -0.2) is 16.6 Å². The molecule has 0 saturated carbocycles. The van der Waals surface area contributed by atoms with Crippen LogP contribution in [0.15, 0.2) is 36.5 Å². The molecule has 3 heteroatoms. The number of aromatic nitrogens is 1. The van der Waals surface area contributed by atoms with E-state index in [9.17, 15) is 5.11 Å². The fraction of sp³-hybridized carbons (Fsp3) is 0.182. The van der Waals surface area contributed by atoms with Gasteiger partial charge in [0.1, 0.15) is 0 Å². The molecule has 2 aromatic rings. The summed E-state index contributed by atoms with van der Waals surface area (Å²) in [5, 5.41) is 10.5. The number of para-hydroxylation sites is 1. The number of aliphatic hydroxyl groups is 1. The highest BCUT2D eigenvalue weighted by Gasteiger charge is 2.05. The van der Waals surface area contributed by atoms with E-state index in [1.807, 2.05) is 30.3 Å². The molecule has 0 fully saturated rings. The van der Waals surface area contributed by atoms with E-state index in [1.54, 1.807) is 6.20 Å². The van der Waals surface area contributed by atoms with Crippen molar-refractivity contribution in [1.29, 1.82) is 0 Å². The topological polar surface area (TPSA) is 59.1 Å². The summed E-state index contributed by atoms with van der Waals surface area (Å²) in [4.78, 5) is 4.23. The summed E-state index contributed by atoms with van der Waals surface area (Å²) in [6.07, 6.45) is 1.05. The Bertz CT molecular complexity index is 442. The van der Waals surface area contributed by atoms with Crippen molar-refractivity contribution in [2.45, 2.75) is 6.10 Å². The highest BCUT2D eigenvalue weighted by Crippen LogP contribution is 2.17. The van der Waals surface area contributed by atoms with Crippen molar-refractivity contribution in [3.8, 4) is 0 Å². The fourth-order valence-electron chi connectivity index (χ4n) is 1.41. The minimum Gasteiger partial charge on any atom is -0.387 e. The minimum atomic E-state index is -0.618. The van der Waals surface area contributed by atoms with Crippen LogP contribution in [0.1, 0.15) is 11.7 Å². The van der Waals surface area contributed by atoms with E-state index < -0.39 is 6.10 Å². The van der Waals surface area contributed by atoms with Crippen molar-refractivity contribution in [2.75, 3.05) is 6.54 Å². The van der Waals surface area contributed by atoms with Gasteiger partial charge in [0.15, 0.2) is 0 Å². The van der Waals surface area contributed by atoms with Crippen LogP contribution in [0, 0.1) is 0 Å². The number of hydrogen-bond acceptors (Lipinski definition) is 3. The Morgan fingerprint density at radius 1 is 1.36 bits per heavy atom. The quantitative estimate of drug-likeness (QED) is 0.745. The lowest BCUT2D eigenvalue weighted by molar-refractivity contribution is 0.186. The Morgan fingerprint density at radius 2 is 2.14 bits per heavy atom. The second-order valence-corrected chi connectivity index (χ2v) is 3.21. The van der Waals surface area contributed by atoms with Crippen molar-refractivity contribution >= 4 is 10.9 Å². The van der Waals surface area contributed by atoms with Gasteiger partial charge in [-0.2, -0.15) is 0 Å². The average Bonchev–Trinajstić information content (AvgIpc) is 2.27. The van der Waals surface area contributed by atoms with Gasteiger partial charge in [-0.3, -0.25) is 4.98 Å². The molecule has 1 heterocycles. The molecule has 0 amide bonds. The maximum absolute atomic E-state index is 9.52. The highest BCUT2D eigenvalue weighted by atomic mass is 16.3. The Labute approximate surface area is 82.2 Å². The van der Waals surface area contributed by atoms with Crippen LogP contribution < -0.4 is 5.73 Å². The molecule has 1 aromatic carbocycles. The van der Waals surface area contributed by atoms with E-state index in [2.05, 4.69) is 4.98 Å². The third-order valence-electron chi connectivity index (χ3n) is 2.22.